The van der Waals surface area contributed by atoms with Crippen LogP contribution < -0.4 is 11.2 Å². The molecule has 158 valence electrons. The molecule has 28 heavy (non-hydrogen) atoms. The molecule has 1 unspecified atom stereocenters. The summed E-state index contributed by atoms with van der Waals surface area (Å²) in [6.07, 6.45) is 0.340. The Bertz CT molecular complexity index is 772. The zero-order valence-electron chi connectivity index (χ0n) is 17.0. The third-order valence-corrected chi connectivity index (χ3v) is 4.89. The Morgan fingerprint density at radius 2 is 2.07 bits per heavy atom. The zero-order valence-corrected chi connectivity index (χ0v) is 17.0. The lowest BCUT2D eigenvalue weighted by atomic mass is 10.1. The number of aliphatic hydroxyl groups is 1. The van der Waals surface area contributed by atoms with Gasteiger partial charge in [-0.3, -0.25) is 19.1 Å². The molecule has 2 heterocycles. The molecule has 4 atom stereocenters. The van der Waals surface area contributed by atoms with E-state index in [2.05, 4.69) is 4.98 Å². The summed E-state index contributed by atoms with van der Waals surface area (Å²) in [5.41, 5.74) is -0.738. The third kappa shape index (κ3) is 5.60. The largest absolute Gasteiger partial charge is 0.388 e. The number of nitrogens with one attached hydrogen (secondary N) is 1. The summed E-state index contributed by atoms with van der Waals surface area (Å²) in [6.45, 7) is 4.43. The number of carbonyl (C=O) groups is 1. The quantitative estimate of drug-likeness (QED) is 0.580. The average Bonchev–Trinajstić information content (AvgIpc) is 2.94. The van der Waals surface area contributed by atoms with Crippen molar-refractivity contribution in [2.45, 2.75) is 64.1 Å². The molecule has 0 radical (unpaired) electrons. The van der Waals surface area contributed by atoms with E-state index in [4.69, 9.17) is 9.47 Å². The van der Waals surface area contributed by atoms with Gasteiger partial charge in [-0.15, -0.1) is 0 Å². The molecule has 1 fully saturated rings. The molecule has 1 aromatic heterocycles. The second-order valence-electron chi connectivity index (χ2n) is 7.47. The maximum Gasteiger partial charge on any atom is 0.330 e. The van der Waals surface area contributed by atoms with E-state index in [1.54, 1.807) is 6.92 Å². The molecule has 0 aromatic carbocycles. The van der Waals surface area contributed by atoms with Crippen molar-refractivity contribution in [3.63, 3.8) is 0 Å². The van der Waals surface area contributed by atoms with Crippen molar-refractivity contribution < 1.29 is 19.4 Å². The van der Waals surface area contributed by atoms with Crippen molar-refractivity contribution in [3.8, 4) is 0 Å². The summed E-state index contributed by atoms with van der Waals surface area (Å²) in [5, 5.41) is 10.5. The predicted molar refractivity (Wildman–Crippen MR) is 103 cm³/mol. The fourth-order valence-corrected chi connectivity index (χ4v) is 3.26. The molecule has 0 spiro atoms. The van der Waals surface area contributed by atoms with Crippen LogP contribution in [0.5, 0.6) is 0 Å². The minimum Gasteiger partial charge on any atom is -0.388 e. The van der Waals surface area contributed by atoms with Crippen LogP contribution in [0, 0.1) is 6.92 Å². The number of Topliss-reactive ketones (excluding diaryl/α,β-unsaturated/α-hetero) is 1. The smallest absolute Gasteiger partial charge is 0.330 e. The lowest BCUT2D eigenvalue weighted by Crippen LogP contribution is -2.40. The molecule has 2 N–H and O–H groups in total. The van der Waals surface area contributed by atoms with Crippen LogP contribution in [-0.2, 0) is 14.3 Å². The second kappa shape index (κ2) is 10.1. The molecule has 0 amide bonds. The Morgan fingerprint density at radius 1 is 1.36 bits per heavy atom. The maximum absolute atomic E-state index is 12.2. The van der Waals surface area contributed by atoms with E-state index < -0.39 is 35.8 Å². The number of aromatic nitrogens is 2. The number of hydrogen-bond donors (Lipinski definition) is 2. The number of ether oxygens (including phenoxy) is 2. The van der Waals surface area contributed by atoms with E-state index >= 15 is 0 Å². The summed E-state index contributed by atoms with van der Waals surface area (Å²) in [7, 11) is 3.92. The van der Waals surface area contributed by atoms with E-state index in [1.807, 2.05) is 25.9 Å². The third-order valence-electron chi connectivity index (χ3n) is 4.89. The van der Waals surface area contributed by atoms with Crippen LogP contribution in [0.25, 0.3) is 0 Å². The van der Waals surface area contributed by atoms with Crippen molar-refractivity contribution in [1.29, 1.82) is 0 Å². The number of rotatable bonds is 10. The minimum atomic E-state index is -0.932. The second-order valence-corrected chi connectivity index (χ2v) is 7.47. The van der Waals surface area contributed by atoms with Crippen molar-refractivity contribution in [2.24, 2.45) is 0 Å². The summed E-state index contributed by atoms with van der Waals surface area (Å²) >= 11 is 0. The van der Waals surface area contributed by atoms with Crippen LogP contribution in [0.1, 0.15) is 44.4 Å². The number of carbonyl (C=O) groups excluding carboxylic acids is 1. The van der Waals surface area contributed by atoms with Gasteiger partial charge in [-0.25, -0.2) is 4.79 Å². The van der Waals surface area contributed by atoms with Gasteiger partial charge in [0.2, 0.25) is 0 Å². The molecule has 1 aliphatic rings. The van der Waals surface area contributed by atoms with Crippen molar-refractivity contribution in [2.75, 3.05) is 27.2 Å². The Balaban J connectivity index is 2.03. The molecule has 9 heteroatoms. The molecule has 1 aliphatic heterocycles. The maximum atomic E-state index is 12.2. The first-order valence-electron chi connectivity index (χ1n) is 9.68. The fourth-order valence-electron chi connectivity index (χ4n) is 3.26. The van der Waals surface area contributed by atoms with Crippen LogP contribution in [0.15, 0.2) is 15.8 Å². The molecule has 2 rings (SSSR count). The van der Waals surface area contributed by atoms with Crippen molar-refractivity contribution in [3.05, 3.63) is 32.6 Å². The van der Waals surface area contributed by atoms with Gasteiger partial charge in [0.25, 0.3) is 5.56 Å². The predicted octanol–water partition coefficient (Wildman–Crippen LogP) is 0.200. The van der Waals surface area contributed by atoms with E-state index in [1.165, 1.54) is 10.8 Å². The van der Waals surface area contributed by atoms with Crippen LogP contribution >= 0.6 is 0 Å². The first kappa shape index (κ1) is 22.5. The van der Waals surface area contributed by atoms with Gasteiger partial charge in [-0.05, 0) is 40.4 Å². The highest BCUT2D eigenvalue weighted by Gasteiger charge is 2.45. The molecule has 9 nitrogen and oxygen atoms in total. The highest BCUT2D eigenvalue weighted by atomic mass is 16.6. The van der Waals surface area contributed by atoms with Crippen LogP contribution in [-0.4, -0.2) is 70.9 Å². The molecule has 1 aromatic rings. The van der Waals surface area contributed by atoms with Gasteiger partial charge in [0.1, 0.15) is 18.0 Å². The Hall–Kier alpha value is -1.81. The average molecular weight is 397 g/mol. The summed E-state index contributed by atoms with van der Waals surface area (Å²) in [6, 6.07) is 0. The van der Waals surface area contributed by atoms with Crippen LogP contribution in [0.4, 0.5) is 0 Å². The van der Waals surface area contributed by atoms with E-state index in [0.29, 0.717) is 18.4 Å². The van der Waals surface area contributed by atoms with Gasteiger partial charge >= 0.3 is 5.69 Å². The highest BCUT2D eigenvalue weighted by Crippen LogP contribution is 2.32. The number of H-pyrrole nitrogens is 1. The van der Waals surface area contributed by atoms with Crippen LogP contribution in [0.3, 0.4) is 0 Å². The molecule has 0 saturated carbocycles. The number of nitrogens with zero attached hydrogens (tertiary/aromatic N) is 2. The molecule has 0 bridgehead atoms. The summed E-state index contributed by atoms with van der Waals surface area (Å²) in [4.78, 5) is 40.1. The summed E-state index contributed by atoms with van der Waals surface area (Å²) < 4.78 is 12.8. The number of aliphatic hydroxyl groups excluding tert-OH is 1. The topological polar surface area (TPSA) is 114 Å². The van der Waals surface area contributed by atoms with Gasteiger partial charge < -0.3 is 19.5 Å². The SMILES string of the molecule is CC[C@H]1O[C@@H](n2cc(C)c(=O)[nH]c2=O)[C@@H](OCCC(=O)CCCN(C)C)C1O. The minimum absolute atomic E-state index is 0.0934. The monoisotopic (exact) mass is 397 g/mol. The van der Waals surface area contributed by atoms with Crippen LogP contribution in [0.2, 0.25) is 0 Å². The summed E-state index contributed by atoms with van der Waals surface area (Å²) in [5.74, 6) is 0.0934. The number of ketones is 1. The first-order valence-corrected chi connectivity index (χ1v) is 9.68. The molecule has 1 saturated heterocycles. The van der Waals surface area contributed by atoms with Gasteiger partial charge in [-0.1, -0.05) is 6.92 Å². The highest BCUT2D eigenvalue weighted by molar-refractivity contribution is 5.78. The van der Waals surface area contributed by atoms with Gasteiger partial charge in [0, 0.05) is 24.6 Å². The van der Waals surface area contributed by atoms with E-state index in [0.717, 1.165) is 13.0 Å². The van der Waals surface area contributed by atoms with Crippen molar-refractivity contribution in [1.82, 2.24) is 14.5 Å². The standard InChI is InChI=1S/C19H31N3O6/c1-5-14-15(24)16(27-10-8-13(23)7-6-9-21(3)4)18(28-14)22-11-12(2)17(25)20-19(22)26/h11,14-16,18,24H,5-10H2,1-4H3,(H,20,25,26)/t14-,15?,16+,18-/m1/s1. The van der Waals surface area contributed by atoms with E-state index in [9.17, 15) is 19.5 Å². The first-order chi connectivity index (χ1) is 13.2. The zero-order chi connectivity index (χ0) is 20.8. The lowest BCUT2D eigenvalue weighted by Gasteiger charge is -2.22. The normalized spacial score (nSPS) is 24.8. The van der Waals surface area contributed by atoms with E-state index in [-0.39, 0.29) is 18.8 Å². The Labute approximate surface area is 164 Å². The fraction of sp³-hybridized carbons (Fsp3) is 0.737. The lowest BCUT2D eigenvalue weighted by molar-refractivity contribution is -0.122. The van der Waals surface area contributed by atoms with Gasteiger partial charge in [0.15, 0.2) is 6.23 Å². The Morgan fingerprint density at radius 3 is 2.71 bits per heavy atom. The van der Waals surface area contributed by atoms with Gasteiger partial charge in [-0.2, -0.15) is 0 Å². The molecule has 0 aliphatic carbocycles. The molecular formula is C19H31N3O6. The number of aryl methyl sites for hydroxylation is 1. The number of hydrogen-bond acceptors (Lipinski definition) is 7. The van der Waals surface area contributed by atoms with Crippen molar-refractivity contribution >= 4 is 5.78 Å². The Kier molecular flexibility index (Phi) is 8.11. The number of aromatic amines is 1. The molecular weight excluding hydrogens is 366 g/mol. The van der Waals surface area contributed by atoms with Gasteiger partial charge in [0.05, 0.1) is 12.7 Å².